The lowest BCUT2D eigenvalue weighted by Gasteiger charge is -2.32. The molecule has 0 aliphatic heterocycles. The van der Waals surface area contributed by atoms with Crippen LogP contribution in [0.25, 0.3) is 28.2 Å². The van der Waals surface area contributed by atoms with Crippen LogP contribution in [0, 0.1) is 0 Å². The summed E-state index contributed by atoms with van der Waals surface area (Å²) in [5.74, 6) is 0. The molecule has 3 aromatic carbocycles. The summed E-state index contributed by atoms with van der Waals surface area (Å²) in [5.41, 5.74) is 4.35. The van der Waals surface area contributed by atoms with E-state index in [-0.39, 0.29) is 11.7 Å². The first kappa shape index (κ1) is 28.8. The SMILES string of the molecule is CCC(CC)(CCCCC(C)n1c(-c2ccccc2)c(-c2ccccc2)n(-c2ccccc2)c1=O)P(=O)(O)O. The number of nitrogens with zero attached hydrogens (tertiary/aromatic N) is 2. The molecule has 0 radical (unpaired) electrons. The number of hydrogen-bond acceptors (Lipinski definition) is 2. The maximum atomic E-state index is 14.2. The van der Waals surface area contributed by atoms with Crippen LogP contribution in [0.5, 0.6) is 0 Å². The van der Waals surface area contributed by atoms with Crippen LogP contribution in [0.1, 0.15) is 65.3 Å². The summed E-state index contributed by atoms with van der Waals surface area (Å²) in [6, 6.07) is 29.6. The summed E-state index contributed by atoms with van der Waals surface area (Å²) in [6.45, 7) is 5.77. The summed E-state index contributed by atoms with van der Waals surface area (Å²) >= 11 is 0. The quantitative estimate of drug-likeness (QED) is 0.140. The largest absolute Gasteiger partial charge is 0.334 e. The van der Waals surface area contributed by atoms with Crippen molar-refractivity contribution in [3.05, 3.63) is 101 Å². The lowest BCUT2D eigenvalue weighted by molar-refractivity contribution is 0.298. The van der Waals surface area contributed by atoms with Crippen molar-refractivity contribution in [3.63, 3.8) is 0 Å². The van der Waals surface area contributed by atoms with Crippen molar-refractivity contribution in [1.29, 1.82) is 0 Å². The minimum Gasteiger partial charge on any atom is -0.324 e. The van der Waals surface area contributed by atoms with E-state index in [1.54, 1.807) is 4.57 Å². The van der Waals surface area contributed by atoms with Crippen molar-refractivity contribution in [1.82, 2.24) is 9.13 Å². The molecule has 0 bridgehead atoms. The minimum absolute atomic E-state index is 0.0990. The fourth-order valence-corrected chi connectivity index (χ4v) is 6.94. The molecule has 39 heavy (non-hydrogen) atoms. The molecule has 2 N–H and O–H groups in total. The average molecular weight is 547 g/mol. The summed E-state index contributed by atoms with van der Waals surface area (Å²) in [7, 11) is -4.21. The van der Waals surface area contributed by atoms with E-state index in [9.17, 15) is 19.1 Å². The summed E-state index contributed by atoms with van der Waals surface area (Å²) in [6.07, 6.45) is 3.54. The fourth-order valence-electron chi connectivity index (χ4n) is 5.66. The van der Waals surface area contributed by atoms with E-state index >= 15 is 0 Å². The van der Waals surface area contributed by atoms with Crippen molar-refractivity contribution in [2.45, 2.75) is 70.5 Å². The Bertz CT molecular complexity index is 1450. The molecule has 1 heterocycles. The number of benzene rings is 3. The molecule has 1 unspecified atom stereocenters. The van der Waals surface area contributed by atoms with Gasteiger partial charge >= 0.3 is 13.3 Å². The number of imidazole rings is 1. The second kappa shape index (κ2) is 12.3. The maximum Gasteiger partial charge on any atom is 0.334 e. The van der Waals surface area contributed by atoms with Crippen LogP contribution in [-0.4, -0.2) is 24.1 Å². The second-order valence-electron chi connectivity index (χ2n) is 10.3. The van der Waals surface area contributed by atoms with Gasteiger partial charge in [0, 0.05) is 17.2 Å². The molecule has 6 nitrogen and oxygen atoms in total. The van der Waals surface area contributed by atoms with Crippen molar-refractivity contribution in [3.8, 4) is 28.2 Å². The van der Waals surface area contributed by atoms with Crippen LogP contribution < -0.4 is 5.69 Å². The molecule has 4 rings (SSSR count). The molecule has 1 atom stereocenters. The van der Waals surface area contributed by atoms with E-state index in [0.29, 0.717) is 25.7 Å². The first-order valence-corrected chi connectivity index (χ1v) is 15.4. The van der Waals surface area contributed by atoms with E-state index in [1.165, 1.54) is 0 Å². The van der Waals surface area contributed by atoms with Gasteiger partial charge in [0.1, 0.15) is 0 Å². The lowest BCUT2D eigenvalue weighted by Crippen LogP contribution is -2.28. The topological polar surface area (TPSA) is 84.5 Å². The van der Waals surface area contributed by atoms with Gasteiger partial charge < -0.3 is 9.79 Å². The fraction of sp³-hybridized carbons (Fsp3) is 0.344. The normalized spacial score (nSPS) is 12.9. The Labute approximate surface area is 231 Å². The number of aromatic nitrogens is 2. The van der Waals surface area contributed by atoms with Gasteiger partial charge in [0.15, 0.2) is 0 Å². The molecule has 1 aromatic heterocycles. The van der Waals surface area contributed by atoms with Gasteiger partial charge in [0.2, 0.25) is 0 Å². The molecular weight excluding hydrogens is 507 g/mol. The zero-order valence-corrected chi connectivity index (χ0v) is 23.9. The van der Waals surface area contributed by atoms with Gasteiger partial charge in [0.05, 0.1) is 22.2 Å². The van der Waals surface area contributed by atoms with Gasteiger partial charge in [-0.3, -0.25) is 13.7 Å². The standard InChI is InChI=1S/C32H39N2O4P/c1-4-32(5-2,39(36,37)38)24-16-15-17-25(3)33-29(26-18-9-6-10-19-26)30(27-20-11-7-12-21-27)34(31(33)35)28-22-13-8-14-23-28/h6-14,18-23,25H,4-5,15-17,24H2,1-3H3,(H2,36,37,38). The maximum absolute atomic E-state index is 14.2. The molecule has 206 valence electrons. The van der Waals surface area contributed by atoms with E-state index in [1.807, 2.05) is 109 Å². The van der Waals surface area contributed by atoms with E-state index < -0.39 is 12.8 Å². The Hall–Kier alpha value is -3.18. The molecule has 0 amide bonds. The average Bonchev–Trinajstić information content (AvgIpc) is 3.26. The molecule has 0 aliphatic rings. The zero-order valence-electron chi connectivity index (χ0n) is 23.0. The molecule has 0 saturated carbocycles. The predicted molar refractivity (Wildman–Crippen MR) is 159 cm³/mol. The van der Waals surface area contributed by atoms with Crippen molar-refractivity contribution < 1.29 is 14.4 Å². The highest BCUT2D eigenvalue weighted by atomic mass is 31.2. The van der Waals surface area contributed by atoms with E-state index in [4.69, 9.17) is 0 Å². The zero-order chi connectivity index (χ0) is 28.0. The summed E-state index contributed by atoms with van der Waals surface area (Å²) in [4.78, 5) is 34.3. The Morgan fingerprint density at radius 3 is 1.74 bits per heavy atom. The first-order chi connectivity index (χ1) is 18.7. The Morgan fingerprint density at radius 1 is 0.769 bits per heavy atom. The van der Waals surface area contributed by atoms with Gasteiger partial charge in [-0.2, -0.15) is 0 Å². The van der Waals surface area contributed by atoms with E-state index in [2.05, 4.69) is 6.92 Å². The number of rotatable bonds is 12. The van der Waals surface area contributed by atoms with Gasteiger partial charge in [-0.25, -0.2) is 4.79 Å². The van der Waals surface area contributed by atoms with E-state index in [0.717, 1.165) is 41.0 Å². The van der Waals surface area contributed by atoms with Gasteiger partial charge in [-0.15, -0.1) is 0 Å². The molecule has 0 aliphatic carbocycles. The molecule has 0 spiro atoms. The van der Waals surface area contributed by atoms with Crippen LogP contribution in [-0.2, 0) is 4.57 Å². The summed E-state index contributed by atoms with van der Waals surface area (Å²) < 4.78 is 16.0. The highest BCUT2D eigenvalue weighted by Crippen LogP contribution is 2.57. The highest BCUT2D eigenvalue weighted by molar-refractivity contribution is 7.53. The molecule has 4 aromatic rings. The van der Waals surface area contributed by atoms with Crippen LogP contribution in [0.2, 0.25) is 0 Å². The summed E-state index contributed by atoms with van der Waals surface area (Å²) in [5, 5.41) is -0.973. The van der Waals surface area contributed by atoms with Crippen LogP contribution in [0.15, 0.2) is 95.8 Å². The van der Waals surface area contributed by atoms with Crippen molar-refractivity contribution in [2.75, 3.05) is 0 Å². The van der Waals surface area contributed by atoms with Crippen LogP contribution in [0.3, 0.4) is 0 Å². The molecule has 0 fully saturated rings. The third-order valence-electron chi connectivity index (χ3n) is 8.08. The number of unbranched alkanes of at least 4 members (excludes halogenated alkanes) is 1. The van der Waals surface area contributed by atoms with Crippen LogP contribution in [0.4, 0.5) is 0 Å². The van der Waals surface area contributed by atoms with Crippen LogP contribution >= 0.6 is 7.60 Å². The monoisotopic (exact) mass is 546 g/mol. The Balaban J connectivity index is 1.77. The second-order valence-corrected chi connectivity index (χ2v) is 12.4. The van der Waals surface area contributed by atoms with Crippen molar-refractivity contribution >= 4 is 7.60 Å². The number of hydrogen-bond donors (Lipinski definition) is 2. The Morgan fingerprint density at radius 2 is 1.26 bits per heavy atom. The third-order valence-corrected chi connectivity index (χ3v) is 10.2. The smallest absolute Gasteiger partial charge is 0.324 e. The van der Waals surface area contributed by atoms with Crippen molar-refractivity contribution in [2.24, 2.45) is 0 Å². The first-order valence-electron chi connectivity index (χ1n) is 13.8. The van der Waals surface area contributed by atoms with Gasteiger partial charge in [-0.1, -0.05) is 106 Å². The molecule has 0 saturated heterocycles. The van der Waals surface area contributed by atoms with Gasteiger partial charge in [0.25, 0.3) is 0 Å². The highest BCUT2D eigenvalue weighted by Gasteiger charge is 2.42. The number of para-hydroxylation sites is 1. The minimum atomic E-state index is -4.21. The Kier molecular flexibility index (Phi) is 9.12. The predicted octanol–water partition coefficient (Wildman–Crippen LogP) is 7.83. The lowest BCUT2D eigenvalue weighted by atomic mass is 9.94. The third kappa shape index (κ3) is 5.89. The molecular formula is C32H39N2O4P. The van der Waals surface area contributed by atoms with Gasteiger partial charge in [-0.05, 0) is 44.7 Å². The molecule has 7 heteroatoms.